The zero-order valence-electron chi connectivity index (χ0n) is 11.5. The summed E-state index contributed by atoms with van der Waals surface area (Å²) in [5.74, 6) is 0.779. The first kappa shape index (κ1) is 13.1. The molecule has 5 heteroatoms. The second-order valence-corrected chi connectivity index (χ2v) is 5.26. The maximum atomic E-state index is 9.14. The van der Waals surface area contributed by atoms with Crippen LogP contribution in [0.3, 0.4) is 0 Å². The average molecular weight is 256 g/mol. The summed E-state index contributed by atoms with van der Waals surface area (Å²) in [6.45, 7) is 6.10. The molecule has 0 saturated carbocycles. The van der Waals surface area contributed by atoms with Crippen LogP contribution in [0.5, 0.6) is 5.75 Å². The zero-order valence-corrected chi connectivity index (χ0v) is 11.5. The molecular formula is C14H16N4O. The fraction of sp³-hybridized carbons (Fsp3) is 0.357. The summed E-state index contributed by atoms with van der Waals surface area (Å²) in [6, 6.07) is 9.59. The Morgan fingerprint density at radius 1 is 1.21 bits per heavy atom. The number of hydrogen-bond donors (Lipinski definition) is 0. The lowest BCUT2D eigenvalue weighted by Gasteiger charge is -2.19. The van der Waals surface area contributed by atoms with Gasteiger partial charge in [-0.3, -0.25) is 0 Å². The average Bonchev–Trinajstić information content (AvgIpc) is 2.82. The predicted octanol–water partition coefficient (Wildman–Crippen LogP) is 2.45. The van der Waals surface area contributed by atoms with Crippen molar-refractivity contribution in [3.8, 4) is 17.5 Å². The summed E-state index contributed by atoms with van der Waals surface area (Å²) in [5.41, 5.74) is 1.82. The summed E-state index contributed by atoms with van der Waals surface area (Å²) < 4.78 is 6.84. The van der Waals surface area contributed by atoms with Crippen molar-refractivity contribution in [3.05, 3.63) is 35.7 Å². The minimum Gasteiger partial charge on any atom is -0.497 e. The lowest BCUT2D eigenvalue weighted by Crippen LogP contribution is -2.18. The van der Waals surface area contributed by atoms with Gasteiger partial charge < -0.3 is 4.74 Å². The van der Waals surface area contributed by atoms with E-state index < -0.39 is 0 Å². The van der Waals surface area contributed by atoms with Crippen molar-refractivity contribution in [2.45, 2.75) is 26.2 Å². The van der Waals surface area contributed by atoms with E-state index in [1.807, 2.05) is 45.0 Å². The van der Waals surface area contributed by atoms with Gasteiger partial charge in [0.25, 0.3) is 0 Å². The van der Waals surface area contributed by atoms with E-state index in [9.17, 15) is 0 Å². The van der Waals surface area contributed by atoms with E-state index in [0.29, 0.717) is 5.69 Å². The smallest absolute Gasteiger partial charge is 0.186 e. The molecule has 98 valence electrons. The Labute approximate surface area is 112 Å². The molecule has 1 aromatic carbocycles. The number of nitriles is 1. The second kappa shape index (κ2) is 4.73. The van der Waals surface area contributed by atoms with Gasteiger partial charge >= 0.3 is 0 Å². The van der Waals surface area contributed by atoms with Gasteiger partial charge in [-0.05, 0) is 24.3 Å². The Balaban J connectivity index is 2.56. The SMILES string of the molecule is COc1ccc(-n2nnc(C#N)c2C(C)(C)C)cc1. The first-order valence-corrected chi connectivity index (χ1v) is 5.98. The highest BCUT2D eigenvalue weighted by Crippen LogP contribution is 2.27. The molecule has 0 bridgehead atoms. The molecule has 0 aliphatic rings. The van der Waals surface area contributed by atoms with Crippen molar-refractivity contribution in [1.82, 2.24) is 15.0 Å². The van der Waals surface area contributed by atoms with E-state index in [4.69, 9.17) is 10.00 Å². The third-order valence-electron chi connectivity index (χ3n) is 2.80. The molecule has 1 aromatic heterocycles. The Hall–Kier alpha value is -2.35. The van der Waals surface area contributed by atoms with Crippen LogP contribution in [0.15, 0.2) is 24.3 Å². The molecule has 0 radical (unpaired) electrons. The van der Waals surface area contributed by atoms with Crippen LogP contribution in [-0.2, 0) is 5.41 Å². The number of aromatic nitrogens is 3. The number of benzene rings is 1. The van der Waals surface area contributed by atoms with Gasteiger partial charge in [0.2, 0.25) is 0 Å². The van der Waals surface area contributed by atoms with Crippen molar-refractivity contribution in [2.24, 2.45) is 0 Å². The van der Waals surface area contributed by atoms with Gasteiger partial charge in [0, 0.05) is 5.41 Å². The topological polar surface area (TPSA) is 63.7 Å². The fourth-order valence-electron chi connectivity index (χ4n) is 1.93. The van der Waals surface area contributed by atoms with Crippen LogP contribution in [0.2, 0.25) is 0 Å². The quantitative estimate of drug-likeness (QED) is 0.827. The molecule has 0 N–H and O–H groups in total. The van der Waals surface area contributed by atoms with Crippen molar-refractivity contribution >= 4 is 0 Å². The van der Waals surface area contributed by atoms with Crippen LogP contribution in [0, 0.1) is 11.3 Å². The lowest BCUT2D eigenvalue weighted by atomic mass is 9.90. The molecule has 0 atom stereocenters. The Bertz CT molecular complexity index is 614. The first-order chi connectivity index (χ1) is 8.97. The molecule has 2 rings (SSSR count). The number of rotatable bonds is 2. The highest BCUT2D eigenvalue weighted by atomic mass is 16.5. The van der Waals surface area contributed by atoms with Crippen LogP contribution in [-0.4, -0.2) is 22.1 Å². The number of hydrogen-bond acceptors (Lipinski definition) is 4. The highest BCUT2D eigenvalue weighted by molar-refractivity contribution is 5.41. The number of ether oxygens (including phenoxy) is 1. The van der Waals surface area contributed by atoms with Crippen molar-refractivity contribution in [3.63, 3.8) is 0 Å². The summed E-state index contributed by atoms with van der Waals surface area (Å²) in [5, 5.41) is 17.2. The maximum absolute atomic E-state index is 9.14. The highest BCUT2D eigenvalue weighted by Gasteiger charge is 2.26. The molecule has 1 heterocycles. The van der Waals surface area contributed by atoms with Crippen LogP contribution in [0.25, 0.3) is 5.69 Å². The molecule has 5 nitrogen and oxygen atoms in total. The second-order valence-electron chi connectivity index (χ2n) is 5.26. The minimum absolute atomic E-state index is 0.214. The Morgan fingerprint density at radius 3 is 2.32 bits per heavy atom. The molecule has 0 saturated heterocycles. The van der Waals surface area contributed by atoms with Gasteiger partial charge in [0.1, 0.15) is 11.8 Å². The molecule has 0 unspecified atom stereocenters. The Morgan fingerprint density at radius 2 is 1.84 bits per heavy atom. The van der Waals surface area contributed by atoms with E-state index in [2.05, 4.69) is 16.4 Å². The van der Waals surface area contributed by atoms with E-state index >= 15 is 0 Å². The zero-order chi connectivity index (χ0) is 14.0. The van der Waals surface area contributed by atoms with Gasteiger partial charge in [0.05, 0.1) is 18.5 Å². The van der Waals surface area contributed by atoms with Crippen LogP contribution < -0.4 is 4.74 Å². The van der Waals surface area contributed by atoms with Gasteiger partial charge in [-0.2, -0.15) is 5.26 Å². The third kappa shape index (κ3) is 2.43. The van der Waals surface area contributed by atoms with E-state index in [0.717, 1.165) is 17.1 Å². The van der Waals surface area contributed by atoms with Gasteiger partial charge in [-0.25, -0.2) is 4.68 Å². The van der Waals surface area contributed by atoms with Crippen LogP contribution in [0.4, 0.5) is 0 Å². The van der Waals surface area contributed by atoms with Crippen LogP contribution >= 0.6 is 0 Å². The van der Waals surface area contributed by atoms with E-state index in [1.54, 1.807) is 11.8 Å². The molecule has 0 aliphatic heterocycles. The summed E-state index contributed by atoms with van der Waals surface area (Å²) in [6.07, 6.45) is 0. The summed E-state index contributed by atoms with van der Waals surface area (Å²) in [4.78, 5) is 0. The fourth-order valence-corrected chi connectivity index (χ4v) is 1.93. The summed E-state index contributed by atoms with van der Waals surface area (Å²) >= 11 is 0. The molecule has 0 fully saturated rings. The lowest BCUT2D eigenvalue weighted by molar-refractivity contribution is 0.414. The molecular weight excluding hydrogens is 240 g/mol. The number of methoxy groups -OCH3 is 1. The van der Waals surface area contributed by atoms with Crippen molar-refractivity contribution < 1.29 is 4.74 Å². The van der Waals surface area contributed by atoms with Crippen molar-refractivity contribution in [1.29, 1.82) is 5.26 Å². The molecule has 0 amide bonds. The first-order valence-electron chi connectivity index (χ1n) is 5.98. The minimum atomic E-state index is -0.214. The normalized spacial score (nSPS) is 11.1. The van der Waals surface area contributed by atoms with Crippen LogP contribution in [0.1, 0.15) is 32.2 Å². The molecule has 0 spiro atoms. The van der Waals surface area contributed by atoms with Gasteiger partial charge in [0.15, 0.2) is 5.69 Å². The monoisotopic (exact) mass is 256 g/mol. The standard InChI is InChI=1S/C14H16N4O/c1-14(2,3)13-12(9-15)16-17-18(13)10-5-7-11(19-4)8-6-10/h5-8H,1-4H3. The van der Waals surface area contributed by atoms with Crippen molar-refractivity contribution in [2.75, 3.05) is 7.11 Å². The van der Waals surface area contributed by atoms with E-state index in [-0.39, 0.29) is 5.41 Å². The Kier molecular flexibility index (Phi) is 3.26. The molecule has 2 aromatic rings. The van der Waals surface area contributed by atoms with Gasteiger partial charge in [-0.1, -0.05) is 26.0 Å². The van der Waals surface area contributed by atoms with E-state index in [1.165, 1.54) is 0 Å². The largest absolute Gasteiger partial charge is 0.497 e. The molecule has 19 heavy (non-hydrogen) atoms. The van der Waals surface area contributed by atoms with Gasteiger partial charge in [-0.15, -0.1) is 5.10 Å². The summed E-state index contributed by atoms with van der Waals surface area (Å²) in [7, 11) is 1.62. The molecule has 0 aliphatic carbocycles. The third-order valence-corrected chi connectivity index (χ3v) is 2.80. The number of nitrogens with zero attached hydrogens (tertiary/aromatic N) is 4. The maximum Gasteiger partial charge on any atom is 0.186 e. The predicted molar refractivity (Wildman–Crippen MR) is 71.3 cm³/mol.